The number of halogens is 1. The highest BCUT2D eigenvalue weighted by molar-refractivity contribution is 7.98. The van der Waals surface area contributed by atoms with E-state index in [-0.39, 0.29) is 11.3 Å². The molecule has 0 spiro atoms. The highest BCUT2D eigenvalue weighted by atomic mass is 35.5. The van der Waals surface area contributed by atoms with Crippen LogP contribution in [0, 0.1) is 0 Å². The summed E-state index contributed by atoms with van der Waals surface area (Å²) >= 11 is 7.39. The summed E-state index contributed by atoms with van der Waals surface area (Å²) in [6.45, 7) is 5.14. The topological polar surface area (TPSA) is 61.8 Å². The Labute approximate surface area is 148 Å². The fourth-order valence-electron chi connectivity index (χ4n) is 1.97. The van der Waals surface area contributed by atoms with Gasteiger partial charge in [0.2, 0.25) is 0 Å². The first-order valence-corrected chi connectivity index (χ1v) is 8.41. The number of benzene rings is 2. The van der Waals surface area contributed by atoms with Crippen LogP contribution in [-0.2, 0) is 9.53 Å². The average molecular weight is 367 g/mol. The summed E-state index contributed by atoms with van der Waals surface area (Å²) in [5.74, 6) is 0.0846. The molecule has 0 amide bonds. The smallest absolute Gasteiger partial charge is 0.437 e. The van der Waals surface area contributed by atoms with Gasteiger partial charge in [0.1, 0.15) is 5.75 Å². The van der Waals surface area contributed by atoms with Crippen LogP contribution >= 0.6 is 23.4 Å². The summed E-state index contributed by atoms with van der Waals surface area (Å²) in [6.07, 6.45) is 0.965. The molecule has 126 valence electrons. The van der Waals surface area contributed by atoms with Crippen molar-refractivity contribution in [2.75, 3.05) is 13.4 Å². The third-order valence-electron chi connectivity index (χ3n) is 3.10. The molecule has 0 unspecified atom stereocenters. The Balaban J connectivity index is 2.69. The standard InChI is InChI=1S/C17H15ClO5S/c1-9(2)16(19)23-15-11-6-5-10(18)7-12(11)13(8-14(15)24-4)22-17(20)21-3/h5-8H,1H2,2-4H3. The minimum atomic E-state index is -0.852. The Bertz CT molecular complexity index is 831. The van der Waals surface area contributed by atoms with E-state index in [4.69, 9.17) is 21.1 Å². The lowest BCUT2D eigenvalue weighted by molar-refractivity contribution is -0.130. The van der Waals surface area contributed by atoms with E-state index in [9.17, 15) is 9.59 Å². The van der Waals surface area contributed by atoms with Crippen molar-refractivity contribution >= 4 is 46.3 Å². The molecule has 0 radical (unpaired) electrons. The number of thioether (sulfide) groups is 1. The van der Waals surface area contributed by atoms with Gasteiger partial charge >= 0.3 is 12.1 Å². The molecule has 5 nitrogen and oxygen atoms in total. The number of hydrogen-bond acceptors (Lipinski definition) is 6. The van der Waals surface area contributed by atoms with E-state index in [1.54, 1.807) is 31.2 Å². The zero-order valence-corrected chi connectivity index (χ0v) is 14.9. The number of carbonyl (C=O) groups is 2. The van der Waals surface area contributed by atoms with Crippen LogP contribution in [-0.4, -0.2) is 25.5 Å². The Hall–Kier alpha value is -2.18. The van der Waals surface area contributed by atoms with E-state index in [1.165, 1.54) is 18.9 Å². The predicted octanol–water partition coefficient (Wildman–Crippen LogP) is 4.84. The largest absolute Gasteiger partial charge is 0.513 e. The zero-order chi connectivity index (χ0) is 17.9. The molecule has 0 fully saturated rings. The molecule has 24 heavy (non-hydrogen) atoms. The molecule has 0 saturated carbocycles. The zero-order valence-electron chi connectivity index (χ0n) is 13.3. The fourth-order valence-corrected chi connectivity index (χ4v) is 2.70. The molecular formula is C17H15ClO5S. The maximum Gasteiger partial charge on any atom is 0.513 e. The van der Waals surface area contributed by atoms with Crippen molar-refractivity contribution in [3.05, 3.63) is 41.4 Å². The molecule has 0 aliphatic rings. The van der Waals surface area contributed by atoms with Crippen LogP contribution in [0.4, 0.5) is 4.79 Å². The summed E-state index contributed by atoms with van der Waals surface area (Å²) in [4.78, 5) is 24.0. The molecule has 0 heterocycles. The second-order valence-corrected chi connectivity index (χ2v) is 6.11. The van der Waals surface area contributed by atoms with Crippen LogP contribution < -0.4 is 9.47 Å². The lowest BCUT2D eigenvalue weighted by Gasteiger charge is -2.15. The van der Waals surface area contributed by atoms with E-state index in [1.807, 2.05) is 6.26 Å². The molecule has 0 aromatic heterocycles. The molecule has 0 atom stereocenters. The first-order valence-electron chi connectivity index (χ1n) is 6.81. The van der Waals surface area contributed by atoms with Crippen molar-refractivity contribution in [1.82, 2.24) is 0 Å². The van der Waals surface area contributed by atoms with Crippen LogP contribution in [0.5, 0.6) is 11.5 Å². The third kappa shape index (κ3) is 3.83. The number of methoxy groups -OCH3 is 1. The Kier molecular flexibility index (Phi) is 5.75. The highest BCUT2D eigenvalue weighted by Gasteiger charge is 2.19. The van der Waals surface area contributed by atoms with Gasteiger partial charge in [0.05, 0.1) is 12.0 Å². The van der Waals surface area contributed by atoms with E-state index in [2.05, 4.69) is 11.3 Å². The second-order valence-electron chi connectivity index (χ2n) is 4.82. The van der Waals surface area contributed by atoms with Gasteiger partial charge in [-0.2, -0.15) is 0 Å². The summed E-state index contributed by atoms with van der Waals surface area (Å²) < 4.78 is 15.2. The molecule has 0 aliphatic heterocycles. The van der Waals surface area contributed by atoms with E-state index >= 15 is 0 Å². The maximum atomic E-state index is 11.9. The number of rotatable bonds is 4. The van der Waals surface area contributed by atoms with Gasteiger partial charge in [0, 0.05) is 21.4 Å². The van der Waals surface area contributed by atoms with E-state index in [0.29, 0.717) is 26.4 Å². The quantitative estimate of drug-likeness (QED) is 0.253. The van der Waals surface area contributed by atoms with Gasteiger partial charge in [-0.05, 0) is 37.4 Å². The van der Waals surface area contributed by atoms with Crippen LogP contribution in [0.3, 0.4) is 0 Å². The summed E-state index contributed by atoms with van der Waals surface area (Å²) in [5.41, 5.74) is 0.277. The molecule has 0 bridgehead atoms. The number of esters is 1. The lowest BCUT2D eigenvalue weighted by atomic mass is 10.1. The van der Waals surface area contributed by atoms with Gasteiger partial charge in [0.25, 0.3) is 0 Å². The molecule has 0 N–H and O–H groups in total. The van der Waals surface area contributed by atoms with Crippen LogP contribution in [0.25, 0.3) is 10.8 Å². The lowest BCUT2D eigenvalue weighted by Crippen LogP contribution is -2.11. The molecule has 7 heteroatoms. The van der Waals surface area contributed by atoms with Gasteiger partial charge in [-0.15, -0.1) is 11.8 Å². The van der Waals surface area contributed by atoms with Gasteiger partial charge in [0.15, 0.2) is 5.75 Å². The van der Waals surface area contributed by atoms with Crippen molar-refractivity contribution in [1.29, 1.82) is 0 Å². The van der Waals surface area contributed by atoms with Crippen LogP contribution in [0.1, 0.15) is 6.92 Å². The summed E-state index contributed by atoms with van der Waals surface area (Å²) in [6, 6.07) is 6.58. The van der Waals surface area contributed by atoms with Gasteiger partial charge in [-0.1, -0.05) is 18.2 Å². The number of hydrogen-bond donors (Lipinski definition) is 0. The Morgan fingerprint density at radius 2 is 1.88 bits per heavy atom. The van der Waals surface area contributed by atoms with Gasteiger partial charge < -0.3 is 14.2 Å². The predicted molar refractivity (Wildman–Crippen MR) is 94.2 cm³/mol. The minimum absolute atomic E-state index is 0.263. The van der Waals surface area contributed by atoms with Gasteiger partial charge in [-0.3, -0.25) is 0 Å². The minimum Gasteiger partial charge on any atom is -0.437 e. The molecule has 2 rings (SSSR count). The highest BCUT2D eigenvalue weighted by Crippen LogP contribution is 2.42. The SMILES string of the molecule is C=C(C)C(=O)Oc1c(SC)cc(OC(=O)OC)c2cc(Cl)ccc12. The van der Waals surface area contributed by atoms with Crippen molar-refractivity contribution in [3.8, 4) is 11.5 Å². The molecule has 0 saturated heterocycles. The molecule has 0 aliphatic carbocycles. The molecule has 2 aromatic carbocycles. The van der Waals surface area contributed by atoms with Crippen LogP contribution in [0.2, 0.25) is 5.02 Å². The first-order chi connectivity index (χ1) is 11.4. The number of fused-ring (bicyclic) bond motifs is 1. The third-order valence-corrected chi connectivity index (χ3v) is 4.08. The van der Waals surface area contributed by atoms with Crippen molar-refractivity contribution in [3.63, 3.8) is 0 Å². The molecular weight excluding hydrogens is 352 g/mol. The van der Waals surface area contributed by atoms with Crippen molar-refractivity contribution in [2.24, 2.45) is 0 Å². The Morgan fingerprint density at radius 1 is 1.17 bits per heavy atom. The maximum absolute atomic E-state index is 11.9. The second kappa shape index (κ2) is 7.59. The van der Waals surface area contributed by atoms with E-state index in [0.717, 1.165) is 0 Å². The first kappa shape index (κ1) is 18.2. The van der Waals surface area contributed by atoms with Crippen molar-refractivity contribution < 1.29 is 23.8 Å². The molecule has 2 aromatic rings. The van der Waals surface area contributed by atoms with Crippen molar-refractivity contribution in [2.45, 2.75) is 11.8 Å². The van der Waals surface area contributed by atoms with Gasteiger partial charge in [-0.25, -0.2) is 9.59 Å². The van der Waals surface area contributed by atoms with Crippen LogP contribution in [0.15, 0.2) is 41.3 Å². The number of ether oxygens (including phenoxy) is 3. The van der Waals surface area contributed by atoms with E-state index < -0.39 is 12.1 Å². The fraction of sp³-hybridized carbons (Fsp3) is 0.176. The average Bonchev–Trinajstić information content (AvgIpc) is 2.56. The summed E-state index contributed by atoms with van der Waals surface area (Å²) in [5, 5.41) is 1.56. The number of carbonyl (C=O) groups excluding carboxylic acids is 2. The Morgan fingerprint density at radius 3 is 2.46 bits per heavy atom. The normalized spacial score (nSPS) is 10.3. The summed E-state index contributed by atoms with van der Waals surface area (Å²) in [7, 11) is 1.22. The monoisotopic (exact) mass is 366 g/mol.